The van der Waals surface area contributed by atoms with E-state index in [1.165, 1.54) is 18.9 Å². The van der Waals surface area contributed by atoms with Crippen molar-refractivity contribution >= 4 is 29.9 Å². The molecule has 1 aliphatic rings. The molecule has 2 aromatic rings. The van der Waals surface area contributed by atoms with E-state index in [1.54, 1.807) is 29.8 Å². The highest BCUT2D eigenvalue weighted by atomic mass is 127. The summed E-state index contributed by atoms with van der Waals surface area (Å²) in [6.45, 7) is 5.94. The monoisotopic (exact) mass is 556 g/mol. The van der Waals surface area contributed by atoms with Gasteiger partial charge in [0.05, 0.1) is 12.6 Å². The first-order valence-corrected chi connectivity index (χ1v) is 11.0. The van der Waals surface area contributed by atoms with Crippen LogP contribution in [0.4, 0.5) is 4.39 Å². The number of unbranched alkanes of at least 4 members (excludes halogenated alkanes) is 1. The quantitative estimate of drug-likeness (QED) is 0.197. The molecule has 0 aliphatic heterocycles. The first-order valence-electron chi connectivity index (χ1n) is 11.0. The second-order valence-corrected chi connectivity index (χ2v) is 8.17. The molecule has 0 saturated heterocycles. The van der Waals surface area contributed by atoms with Gasteiger partial charge in [-0.1, -0.05) is 12.1 Å². The fourth-order valence-electron chi connectivity index (χ4n) is 3.39. The zero-order valence-corrected chi connectivity index (χ0v) is 21.4. The number of hydrogen-bond donors (Lipinski definition) is 2. The highest BCUT2D eigenvalue weighted by Gasteiger charge is 2.22. The van der Waals surface area contributed by atoms with Crippen LogP contribution in [0, 0.1) is 18.7 Å². The second kappa shape index (κ2) is 12.8. The summed E-state index contributed by atoms with van der Waals surface area (Å²) in [5.74, 6) is 1.24. The summed E-state index contributed by atoms with van der Waals surface area (Å²) in [7, 11) is 1.71. The normalized spacial score (nSPS) is 14.4. The van der Waals surface area contributed by atoms with Gasteiger partial charge in [0.1, 0.15) is 0 Å². The maximum Gasteiger partial charge on any atom is 0.250 e. The van der Waals surface area contributed by atoms with Gasteiger partial charge in [-0.2, -0.15) is 0 Å². The van der Waals surface area contributed by atoms with Gasteiger partial charge < -0.3 is 19.9 Å². The van der Waals surface area contributed by atoms with E-state index < -0.39 is 0 Å². The Morgan fingerprint density at radius 3 is 2.72 bits per heavy atom. The Balaban J connectivity index is 0.00000363. The first-order chi connectivity index (χ1) is 15.0. The molecule has 0 bridgehead atoms. The van der Waals surface area contributed by atoms with Gasteiger partial charge in [0.2, 0.25) is 0 Å². The van der Waals surface area contributed by atoms with E-state index in [0.717, 1.165) is 30.6 Å². The minimum atomic E-state index is -0.332. The number of benzene rings is 1. The molecular weight excluding hydrogens is 522 g/mol. The summed E-state index contributed by atoms with van der Waals surface area (Å²) in [4.78, 5) is 16.2. The summed E-state index contributed by atoms with van der Waals surface area (Å²) in [5.41, 5.74) is 1.84. The van der Waals surface area contributed by atoms with Crippen molar-refractivity contribution in [3.05, 3.63) is 63.8 Å². The fraction of sp³-hybridized carbons (Fsp3) is 0.500. The van der Waals surface area contributed by atoms with Gasteiger partial charge in [-0.25, -0.2) is 4.39 Å². The third-order valence-corrected chi connectivity index (χ3v) is 5.57. The number of guanidine groups is 1. The fourth-order valence-corrected chi connectivity index (χ4v) is 3.39. The lowest BCUT2D eigenvalue weighted by atomic mass is 10.1. The minimum absolute atomic E-state index is 0. The highest BCUT2D eigenvalue weighted by Crippen LogP contribution is 2.30. The Morgan fingerprint density at radius 2 is 2.06 bits per heavy atom. The molecule has 1 aromatic heterocycles. The Morgan fingerprint density at radius 1 is 1.28 bits per heavy atom. The molecule has 3 rings (SSSR count). The molecule has 0 radical (unpaired) electrons. The number of halogens is 2. The Kier molecular flexibility index (Phi) is 10.5. The molecule has 1 unspecified atom stereocenters. The third-order valence-electron chi connectivity index (χ3n) is 5.57. The number of ether oxygens (including phenoxy) is 1. The number of rotatable bonds is 10. The minimum Gasteiger partial charge on any atom is -0.490 e. The largest absolute Gasteiger partial charge is 0.490 e. The Hall–Kier alpha value is -2.10. The van der Waals surface area contributed by atoms with Crippen LogP contribution in [-0.4, -0.2) is 30.7 Å². The Bertz CT molecular complexity index is 959. The maximum absolute atomic E-state index is 14.4. The van der Waals surface area contributed by atoms with E-state index in [9.17, 15) is 9.18 Å². The lowest BCUT2D eigenvalue weighted by molar-refractivity contribution is 0.285. The SMILES string of the molecule is CN=C(NCCCCn1c(C)cccc1=O)NC(C)c1ccc(OCC2CC2)c(F)c1.I. The van der Waals surface area contributed by atoms with Crippen LogP contribution >= 0.6 is 24.0 Å². The number of hydrogen-bond acceptors (Lipinski definition) is 3. The number of aryl methyl sites for hydroxylation is 1. The van der Waals surface area contributed by atoms with E-state index in [-0.39, 0.29) is 41.4 Å². The van der Waals surface area contributed by atoms with Crippen LogP contribution in [-0.2, 0) is 6.54 Å². The van der Waals surface area contributed by atoms with Crippen molar-refractivity contribution in [2.24, 2.45) is 10.9 Å². The molecule has 1 fully saturated rings. The van der Waals surface area contributed by atoms with Crippen molar-refractivity contribution in [3.8, 4) is 5.75 Å². The molecule has 32 heavy (non-hydrogen) atoms. The average Bonchev–Trinajstić information content (AvgIpc) is 3.58. The molecule has 1 heterocycles. The molecule has 0 spiro atoms. The van der Waals surface area contributed by atoms with Crippen molar-refractivity contribution in [1.29, 1.82) is 0 Å². The zero-order chi connectivity index (χ0) is 22.2. The van der Waals surface area contributed by atoms with Crippen LogP contribution in [0.1, 0.15) is 49.9 Å². The summed E-state index contributed by atoms with van der Waals surface area (Å²) >= 11 is 0. The van der Waals surface area contributed by atoms with E-state index in [4.69, 9.17) is 4.74 Å². The molecule has 6 nitrogen and oxygen atoms in total. The van der Waals surface area contributed by atoms with Crippen LogP contribution < -0.4 is 20.9 Å². The Labute approximate surface area is 206 Å². The predicted octanol–water partition coefficient (Wildman–Crippen LogP) is 4.41. The molecule has 1 atom stereocenters. The summed E-state index contributed by atoms with van der Waals surface area (Å²) in [6.07, 6.45) is 4.14. The van der Waals surface area contributed by atoms with E-state index in [2.05, 4.69) is 15.6 Å². The van der Waals surface area contributed by atoms with Crippen LogP contribution in [0.25, 0.3) is 0 Å². The molecule has 8 heteroatoms. The lowest BCUT2D eigenvalue weighted by Gasteiger charge is -2.19. The number of pyridine rings is 1. The highest BCUT2D eigenvalue weighted by molar-refractivity contribution is 14.0. The van der Waals surface area contributed by atoms with Crippen LogP contribution in [0.5, 0.6) is 5.75 Å². The third kappa shape index (κ3) is 7.79. The van der Waals surface area contributed by atoms with Crippen molar-refractivity contribution in [2.75, 3.05) is 20.2 Å². The smallest absolute Gasteiger partial charge is 0.250 e. The zero-order valence-electron chi connectivity index (χ0n) is 19.1. The predicted molar refractivity (Wildman–Crippen MR) is 138 cm³/mol. The molecule has 1 aliphatic carbocycles. The number of aliphatic imine (C=N–C) groups is 1. The van der Waals surface area contributed by atoms with Crippen molar-refractivity contribution < 1.29 is 9.13 Å². The van der Waals surface area contributed by atoms with Crippen LogP contribution in [0.3, 0.4) is 0 Å². The number of nitrogens with one attached hydrogen (secondary N) is 2. The topological polar surface area (TPSA) is 67.7 Å². The number of nitrogens with zero attached hydrogens (tertiary/aromatic N) is 2. The molecule has 0 amide bonds. The summed E-state index contributed by atoms with van der Waals surface area (Å²) in [6, 6.07) is 10.3. The van der Waals surface area contributed by atoms with Crippen molar-refractivity contribution in [2.45, 2.75) is 52.1 Å². The standard InChI is InChI=1S/C24H33FN4O2.HI/c1-17-7-6-8-23(30)29(17)14-5-4-13-27-24(26-3)28-18(2)20-11-12-22(21(25)15-20)31-16-19-9-10-19;/h6-8,11-12,15,18-19H,4-5,9-10,13-14,16H2,1-3H3,(H2,26,27,28);1H. The van der Waals surface area contributed by atoms with Gasteiger partial charge in [0, 0.05) is 31.9 Å². The van der Waals surface area contributed by atoms with Gasteiger partial charge in [0.25, 0.3) is 5.56 Å². The maximum atomic E-state index is 14.4. The average molecular weight is 556 g/mol. The van der Waals surface area contributed by atoms with Crippen molar-refractivity contribution in [3.63, 3.8) is 0 Å². The molecule has 176 valence electrons. The molecular formula is C24H34FIN4O2. The number of aromatic nitrogens is 1. The summed E-state index contributed by atoms with van der Waals surface area (Å²) in [5, 5.41) is 6.58. The first kappa shape index (κ1) is 26.2. The van der Waals surface area contributed by atoms with Gasteiger partial charge in [0.15, 0.2) is 17.5 Å². The summed E-state index contributed by atoms with van der Waals surface area (Å²) < 4.78 is 21.7. The van der Waals surface area contributed by atoms with Gasteiger partial charge in [-0.15, -0.1) is 24.0 Å². The van der Waals surface area contributed by atoms with E-state index in [0.29, 0.717) is 30.8 Å². The van der Waals surface area contributed by atoms with E-state index in [1.807, 2.05) is 26.0 Å². The molecule has 1 aromatic carbocycles. The molecule has 1 saturated carbocycles. The second-order valence-electron chi connectivity index (χ2n) is 8.17. The van der Waals surface area contributed by atoms with Crippen LogP contribution in [0.2, 0.25) is 0 Å². The lowest BCUT2D eigenvalue weighted by Crippen LogP contribution is -2.39. The molecule has 2 N–H and O–H groups in total. The van der Waals surface area contributed by atoms with Crippen molar-refractivity contribution in [1.82, 2.24) is 15.2 Å². The van der Waals surface area contributed by atoms with Gasteiger partial charge >= 0.3 is 0 Å². The van der Waals surface area contributed by atoms with Gasteiger partial charge in [-0.3, -0.25) is 9.79 Å². The van der Waals surface area contributed by atoms with E-state index >= 15 is 0 Å². The van der Waals surface area contributed by atoms with Crippen LogP contribution in [0.15, 0.2) is 46.2 Å². The van der Waals surface area contributed by atoms with Gasteiger partial charge in [-0.05, 0) is 69.2 Å².